The fraction of sp³-hybridized carbons (Fsp3) is 0. The number of aromatic nitrogens is 3. The van der Waals surface area contributed by atoms with Crippen LogP contribution in [0.25, 0.3) is 0 Å². The average Bonchev–Trinajstić information content (AvgIpc) is 2.19. The van der Waals surface area contributed by atoms with Gasteiger partial charge in [-0.25, -0.2) is 9.97 Å². The molecule has 0 fully saturated rings. The molecule has 0 aromatic carbocycles. The minimum absolute atomic E-state index is 0.487. The number of pyridine rings is 1. The highest BCUT2D eigenvalue weighted by atomic mass is 32.2. The molecule has 14 heavy (non-hydrogen) atoms. The lowest BCUT2D eigenvalue weighted by Crippen LogP contribution is -1.86. The molecule has 2 aromatic rings. The summed E-state index contributed by atoms with van der Waals surface area (Å²) in [7, 11) is 0. The SMILES string of the molecule is Fc1cccc(Sc2cnccn2)n1. The van der Waals surface area contributed by atoms with Gasteiger partial charge in [-0.2, -0.15) is 4.39 Å². The minimum atomic E-state index is -0.487. The summed E-state index contributed by atoms with van der Waals surface area (Å²) in [6, 6.07) is 4.64. The number of hydrogen-bond acceptors (Lipinski definition) is 4. The standard InChI is InChI=1S/C9H6FN3S/c10-7-2-1-3-8(13-7)14-9-6-11-4-5-12-9/h1-6H. The Bertz CT molecular complexity index is 421. The number of nitrogens with zero attached hydrogens (tertiary/aromatic N) is 3. The fourth-order valence-electron chi connectivity index (χ4n) is 0.892. The van der Waals surface area contributed by atoms with E-state index >= 15 is 0 Å². The molecule has 2 heterocycles. The summed E-state index contributed by atoms with van der Waals surface area (Å²) < 4.78 is 12.7. The summed E-state index contributed by atoms with van der Waals surface area (Å²) >= 11 is 1.28. The Morgan fingerprint density at radius 3 is 2.79 bits per heavy atom. The molecule has 0 aliphatic heterocycles. The van der Waals surface area contributed by atoms with Gasteiger partial charge >= 0.3 is 0 Å². The van der Waals surface area contributed by atoms with Gasteiger partial charge in [0, 0.05) is 12.4 Å². The van der Waals surface area contributed by atoms with E-state index in [4.69, 9.17) is 0 Å². The van der Waals surface area contributed by atoms with Crippen LogP contribution in [0.4, 0.5) is 4.39 Å². The van der Waals surface area contributed by atoms with E-state index in [1.54, 1.807) is 30.7 Å². The van der Waals surface area contributed by atoms with Crippen molar-refractivity contribution in [3.05, 3.63) is 42.7 Å². The van der Waals surface area contributed by atoms with E-state index in [9.17, 15) is 4.39 Å². The van der Waals surface area contributed by atoms with Crippen molar-refractivity contribution in [2.45, 2.75) is 10.1 Å². The summed E-state index contributed by atoms with van der Waals surface area (Å²) in [6.45, 7) is 0. The first-order chi connectivity index (χ1) is 6.84. The molecule has 2 aromatic heterocycles. The van der Waals surface area contributed by atoms with Gasteiger partial charge in [0.05, 0.1) is 6.20 Å². The molecule has 2 rings (SSSR count). The molecule has 0 unspecified atom stereocenters. The first kappa shape index (κ1) is 9.08. The molecule has 0 saturated carbocycles. The molecule has 0 atom stereocenters. The Labute approximate surface area is 84.4 Å². The van der Waals surface area contributed by atoms with Crippen molar-refractivity contribution in [2.24, 2.45) is 0 Å². The third-order valence-corrected chi connectivity index (χ3v) is 2.29. The summed E-state index contributed by atoms with van der Waals surface area (Å²) in [5, 5.41) is 1.27. The van der Waals surface area contributed by atoms with Crippen molar-refractivity contribution in [1.29, 1.82) is 0 Å². The zero-order valence-electron chi connectivity index (χ0n) is 7.09. The van der Waals surface area contributed by atoms with E-state index in [1.165, 1.54) is 17.8 Å². The van der Waals surface area contributed by atoms with Crippen molar-refractivity contribution >= 4 is 11.8 Å². The molecule has 0 aliphatic carbocycles. The van der Waals surface area contributed by atoms with Gasteiger partial charge in [-0.1, -0.05) is 6.07 Å². The second-order valence-corrected chi connectivity index (χ2v) is 3.48. The molecule has 3 nitrogen and oxygen atoms in total. The van der Waals surface area contributed by atoms with Crippen molar-refractivity contribution in [3.63, 3.8) is 0 Å². The number of hydrogen-bond donors (Lipinski definition) is 0. The van der Waals surface area contributed by atoms with E-state index in [1.807, 2.05) is 0 Å². The highest BCUT2D eigenvalue weighted by Crippen LogP contribution is 2.22. The van der Waals surface area contributed by atoms with E-state index in [0.717, 1.165) is 0 Å². The van der Waals surface area contributed by atoms with Gasteiger partial charge in [0.25, 0.3) is 0 Å². The largest absolute Gasteiger partial charge is 0.260 e. The Morgan fingerprint density at radius 2 is 2.07 bits per heavy atom. The second-order valence-electron chi connectivity index (χ2n) is 2.44. The Morgan fingerprint density at radius 1 is 1.14 bits per heavy atom. The molecule has 0 amide bonds. The maximum Gasteiger partial charge on any atom is 0.213 e. The molecule has 0 aliphatic rings. The highest BCUT2D eigenvalue weighted by molar-refractivity contribution is 7.99. The summed E-state index contributed by atoms with van der Waals surface area (Å²) in [4.78, 5) is 11.6. The van der Waals surface area contributed by atoms with E-state index in [-0.39, 0.29) is 0 Å². The Hall–Kier alpha value is -1.49. The van der Waals surface area contributed by atoms with Crippen molar-refractivity contribution in [1.82, 2.24) is 15.0 Å². The van der Waals surface area contributed by atoms with Crippen LogP contribution in [-0.4, -0.2) is 15.0 Å². The van der Waals surface area contributed by atoms with Gasteiger partial charge in [0.15, 0.2) is 0 Å². The van der Waals surface area contributed by atoms with Gasteiger partial charge in [-0.15, -0.1) is 0 Å². The zero-order valence-corrected chi connectivity index (χ0v) is 7.91. The van der Waals surface area contributed by atoms with Crippen LogP contribution in [0.3, 0.4) is 0 Å². The van der Waals surface area contributed by atoms with Crippen LogP contribution < -0.4 is 0 Å². The first-order valence-electron chi connectivity index (χ1n) is 3.91. The van der Waals surface area contributed by atoms with Crippen LogP contribution in [0.5, 0.6) is 0 Å². The molecule has 0 N–H and O–H groups in total. The molecular formula is C9H6FN3S. The molecule has 70 valence electrons. The average molecular weight is 207 g/mol. The van der Waals surface area contributed by atoms with E-state index < -0.39 is 5.95 Å². The van der Waals surface area contributed by atoms with E-state index in [2.05, 4.69) is 15.0 Å². The lowest BCUT2D eigenvalue weighted by atomic mass is 10.5. The third kappa shape index (κ3) is 2.26. The number of rotatable bonds is 2. The Balaban J connectivity index is 2.19. The predicted octanol–water partition coefficient (Wildman–Crippen LogP) is 2.16. The van der Waals surface area contributed by atoms with Crippen LogP contribution in [0.1, 0.15) is 0 Å². The smallest absolute Gasteiger partial charge is 0.213 e. The monoisotopic (exact) mass is 207 g/mol. The van der Waals surface area contributed by atoms with Crippen molar-refractivity contribution in [2.75, 3.05) is 0 Å². The van der Waals surface area contributed by atoms with Crippen LogP contribution in [-0.2, 0) is 0 Å². The lowest BCUT2D eigenvalue weighted by molar-refractivity contribution is 0.572. The third-order valence-electron chi connectivity index (χ3n) is 1.44. The molecule has 5 heteroatoms. The quantitative estimate of drug-likeness (QED) is 0.707. The first-order valence-corrected chi connectivity index (χ1v) is 4.73. The summed E-state index contributed by atoms with van der Waals surface area (Å²) in [5.74, 6) is -0.487. The molecule has 0 bridgehead atoms. The van der Waals surface area contributed by atoms with Gasteiger partial charge in [0.1, 0.15) is 10.1 Å². The van der Waals surface area contributed by atoms with Crippen LogP contribution >= 0.6 is 11.8 Å². The number of halogens is 1. The van der Waals surface area contributed by atoms with Crippen molar-refractivity contribution in [3.8, 4) is 0 Å². The summed E-state index contributed by atoms with van der Waals surface area (Å²) in [5.41, 5.74) is 0. The predicted molar refractivity (Wildman–Crippen MR) is 50.4 cm³/mol. The van der Waals surface area contributed by atoms with Crippen LogP contribution in [0, 0.1) is 5.95 Å². The van der Waals surface area contributed by atoms with Gasteiger partial charge in [0.2, 0.25) is 5.95 Å². The van der Waals surface area contributed by atoms with Crippen LogP contribution in [0.15, 0.2) is 46.8 Å². The van der Waals surface area contributed by atoms with Gasteiger partial charge < -0.3 is 0 Å². The van der Waals surface area contributed by atoms with Gasteiger partial charge in [-0.3, -0.25) is 4.98 Å². The second kappa shape index (κ2) is 4.15. The highest BCUT2D eigenvalue weighted by Gasteiger charge is 2.00. The Kier molecular flexibility index (Phi) is 2.69. The topological polar surface area (TPSA) is 38.7 Å². The van der Waals surface area contributed by atoms with Crippen LogP contribution in [0.2, 0.25) is 0 Å². The maximum absolute atomic E-state index is 12.7. The molecule has 0 radical (unpaired) electrons. The summed E-state index contributed by atoms with van der Waals surface area (Å²) in [6.07, 6.45) is 4.78. The molecular weight excluding hydrogens is 201 g/mol. The maximum atomic E-state index is 12.7. The lowest BCUT2D eigenvalue weighted by Gasteiger charge is -1.97. The zero-order chi connectivity index (χ0) is 9.80. The molecule has 0 spiro atoms. The van der Waals surface area contributed by atoms with E-state index in [0.29, 0.717) is 10.1 Å². The normalized spacial score (nSPS) is 10.1. The van der Waals surface area contributed by atoms with Gasteiger partial charge in [-0.05, 0) is 23.9 Å². The minimum Gasteiger partial charge on any atom is -0.260 e. The fourth-order valence-corrected chi connectivity index (χ4v) is 1.61. The molecule has 0 saturated heterocycles. The van der Waals surface area contributed by atoms with Crippen molar-refractivity contribution < 1.29 is 4.39 Å².